The number of aryl methyl sites for hydroxylation is 2. The van der Waals surface area contributed by atoms with E-state index in [-0.39, 0.29) is 11.5 Å². The van der Waals surface area contributed by atoms with Crippen LogP contribution in [0.4, 0.5) is 22.9 Å². The smallest absolute Gasteiger partial charge is 0.173 e. The molecule has 0 saturated heterocycles. The molecule has 0 saturated carbocycles. The summed E-state index contributed by atoms with van der Waals surface area (Å²) in [6, 6.07) is 13.3. The Morgan fingerprint density at radius 1 is 1.13 bits per heavy atom. The first-order valence-corrected chi connectivity index (χ1v) is 10.9. The topological polar surface area (TPSA) is 74.2 Å². The number of pyridine rings is 1. The van der Waals surface area contributed by atoms with Crippen LogP contribution >= 0.6 is 0 Å². The molecule has 1 aliphatic heterocycles. The van der Waals surface area contributed by atoms with Crippen molar-refractivity contribution in [1.29, 1.82) is 0 Å². The zero-order valence-electron chi connectivity index (χ0n) is 18.3. The second-order valence-corrected chi connectivity index (χ2v) is 8.71. The number of hydrogen-bond donors (Lipinski definition) is 3. The number of aromatic nitrogens is 1. The number of anilines is 4. The van der Waals surface area contributed by atoms with Crippen molar-refractivity contribution in [2.75, 3.05) is 10.6 Å². The highest BCUT2D eigenvalue weighted by atomic mass is 16.3. The minimum Gasteiger partial charge on any atom is -0.508 e. The van der Waals surface area contributed by atoms with E-state index in [9.17, 15) is 9.90 Å². The van der Waals surface area contributed by atoms with Crippen LogP contribution in [0.1, 0.15) is 53.7 Å². The molecule has 0 amide bonds. The highest BCUT2D eigenvalue weighted by Gasteiger charge is 2.24. The van der Waals surface area contributed by atoms with Gasteiger partial charge < -0.3 is 15.7 Å². The number of nitrogens with zero attached hydrogens (tertiary/aromatic N) is 1. The number of phenols is 1. The predicted molar refractivity (Wildman–Crippen MR) is 126 cm³/mol. The van der Waals surface area contributed by atoms with Gasteiger partial charge in [-0.25, -0.2) is 4.98 Å². The third kappa shape index (κ3) is 4.71. The zero-order valence-corrected chi connectivity index (χ0v) is 18.3. The molecule has 0 fully saturated rings. The lowest BCUT2D eigenvalue weighted by molar-refractivity contribution is 0.0995. The Kier molecular flexibility index (Phi) is 5.94. The summed E-state index contributed by atoms with van der Waals surface area (Å²) in [6.07, 6.45) is 5.39. The van der Waals surface area contributed by atoms with Crippen LogP contribution in [0.25, 0.3) is 0 Å². The minimum absolute atomic E-state index is 0.0222. The number of hydrogen-bond acceptors (Lipinski definition) is 5. The van der Waals surface area contributed by atoms with Crippen molar-refractivity contribution in [3.8, 4) is 5.75 Å². The summed E-state index contributed by atoms with van der Waals surface area (Å²) >= 11 is 0. The molecule has 0 atom stereocenters. The van der Waals surface area contributed by atoms with Crippen LogP contribution in [-0.4, -0.2) is 15.9 Å². The fourth-order valence-electron chi connectivity index (χ4n) is 4.01. The van der Waals surface area contributed by atoms with Crippen LogP contribution in [-0.2, 0) is 12.8 Å². The maximum atomic E-state index is 13.3. The summed E-state index contributed by atoms with van der Waals surface area (Å²) in [4.78, 5) is 17.7. The second-order valence-electron chi connectivity index (χ2n) is 8.71. The van der Waals surface area contributed by atoms with Gasteiger partial charge in [-0.15, -0.1) is 0 Å². The molecule has 2 heterocycles. The summed E-state index contributed by atoms with van der Waals surface area (Å²) in [7, 11) is 0. The zero-order chi connectivity index (χ0) is 22.0. The van der Waals surface area contributed by atoms with Crippen molar-refractivity contribution < 1.29 is 9.90 Å². The first-order chi connectivity index (χ1) is 14.9. The van der Waals surface area contributed by atoms with Gasteiger partial charge in [-0.1, -0.05) is 38.5 Å². The second kappa shape index (κ2) is 8.80. The number of fused-ring (bicyclic) bond motifs is 2. The highest BCUT2D eigenvalue weighted by Crippen LogP contribution is 2.35. The lowest BCUT2D eigenvalue weighted by atomic mass is 9.98. The third-order valence-corrected chi connectivity index (χ3v) is 5.74. The quantitative estimate of drug-likeness (QED) is 0.440. The molecule has 0 bridgehead atoms. The van der Waals surface area contributed by atoms with Gasteiger partial charge in [0.05, 0.1) is 11.3 Å². The summed E-state index contributed by atoms with van der Waals surface area (Å²) < 4.78 is 0. The molecule has 1 aliphatic rings. The summed E-state index contributed by atoms with van der Waals surface area (Å²) in [5.74, 6) is 1.45. The predicted octanol–water partition coefficient (Wildman–Crippen LogP) is 6.30. The van der Waals surface area contributed by atoms with E-state index in [0.29, 0.717) is 29.4 Å². The van der Waals surface area contributed by atoms with Crippen LogP contribution in [0.2, 0.25) is 0 Å². The molecular weight excluding hydrogens is 386 g/mol. The van der Waals surface area contributed by atoms with Crippen LogP contribution in [0, 0.1) is 12.8 Å². The summed E-state index contributed by atoms with van der Waals surface area (Å²) in [5, 5.41) is 16.5. The monoisotopic (exact) mass is 415 g/mol. The van der Waals surface area contributed by atoms with Gasteiger partial charge in [-0.2, -0.15) is 0 Å². The van der Waals surface area contributed by atoms with Crippen molar-refractivity contribution in [2.24, 2.45) is 5.92 Å². The van der Waals surface area contributed by atoms with Crippen molar-refractivity contribution in [3.63, 3.8) is 0 Å². The standard InChI is InChI=1S/C26H29N3O2/c1-16(2)5-4-6-18-8-10-21-19(13-18)14-24(31)25-22(11-12-27-26(25)29-21)28-23-15-20(30)9-7-17(23)3/h7-13,15-16,30H,4-6,14H2,1-3H3,(H2,27,28,29). The molecule has 1 aromatic heterocycles. The molecule has 3 N–H and O–H groups in total. The maximum Gasteiger partial charge on any atom is 0.173 e. The number of benzene rings is 2. The number of carbonyl (C=O) groups is 1. The van der Waals surface area contributed by atoms with E-state index >= 15 is 0 Å². The number of aromatic hydroxyl groups is 1. The molecular formula is C26H29N3O2. The van der Waals surface area contributed by atoms with Gasteiger partial charge in [0, 0.05) is 30.1 Å². The highest BCUT2D eigenvalue weighted by molar-refractivity contribution is 6.09. The van der Waals surface area contributed by atoms with E-state index in [4.69, 9.17) is 0 Å². The Hall–Kier alpha value is -3.34. The van der Waals surface area contributed by atoms with E-state index < -0.39 is 0 Å². The number of ketones is 1. The number of nitrogens with one attached hydrogen (secondary N) is 2. The molecule has 3 aromatic rings. The van der Waals surface area contributed by atoms with Gasteiger partial charge in [0.1, 0.15) is 11.6 Å². The molecule has 4 rings (SSSR count). The largest absolute Gasteiger partial charge is 0.508 e. The number of rotatable bonds is 6. The van der Waals surface area contributed by atoms with E-state index in [1.807, 2.05) is 13.0 Å². The number of carbonyl (C=O) groups excluding carboxylic acids is 1. The lowest BCUT2D eigenvalue weighted by Gasteiger charge is -2.15. The van der Waals surface area contributed by atoms with E-state index in [1.54, 1.807) is 24.4 Å². The SMILES string of the molecule is Cc1ccc(O)cc1Nc1ccnc2c1C(=O)Cc1cc(CCCC(C)C)ccc1N2. The Bertz CT molecular complexity index is 1120. The summed E-state index contributed by atoms with van der Waals surface area (Å²) in [5.41, 5.74) is 6.16. The van der Waals surface area contributed by atoms with Gasteiger partial charge in [0.15, 0.2) is 5.78 Å². The Balaban J connectivity index is 1.62. The third-order valence-electron chi connectivity index (χ3n) is 5.74. The summed E-state index contributed by atoms with van der Waals surface area (Å²) in [6.45, 7) is 6.44. The van der Waals surface area contributed by atoms with Crippen molar-refractivity contribution in [1.82, 2.24) is 4.98 Å². The Morgan fingerprint density at radius 2 is 1.97 bits per heavy atom. The molecule has 2 aromatic carbocycles. The molecule has 0 aliphatic carbocycles. The molecule has 0 radical (unpaired) electrons. The molecule has 160 valence electrons. The average molecular weight is 416 g/mol. The first-order valence-electron chi connectivity index (χ1n) is 10.9. The molecule has 5 nitrogen and oxygen atoms in total. The van der Waals surface area contributed by atoms with Gasteiger partial charge >= 0.3 is 0 Å². The molecule has 31 heavy (non-hydrogen) atoms. The molecule has 5 heteroatoms. The van der Waals surface area contributed by atoms with Gasteiger partial charge in [-0.05, 0) is 60.6 Å². The maximum absolute atomic E-state index is 13.3. The van der Waals surface area contributed by atoms with Crippen molar-refractivity contribution >= 4 is 28.7 Å². The van der Waals surface area contributed by atoms with Crippen LogP contribution in [0.3, 0.4) is 0 Å². The molecule has 0 spiro atoms. The Labute approximate surface area is 183 Å². The average Bonchev–Trinajstić information content (AvgIpc) is 2.86. The van der Waals surface area contributed by atoms with Crippen LogP contribution < -0.4 is 10.6 Å². The Morgan fingerprint density at radius 3 is 2.77 bits per heavy atom. The minimum atomic E-state index is 0.0222. The van der Waals surface area contributed by atoms with Gasteiger partial charge in [0.2, 0.25) is 0 Å². The first kappa shape index (κ1) is 20.9. The van der Waals surface area contributed by atoms with E-state index in [0.717, 1.165) is 35.3 Å². The van der Waals surface area contributed by atoms with Crippen molar-refractivity contribution in [3.05, 3.63) is 70.9 Å². The van der Waals surface area contributed by atoms with Gasteiger partial charge in [0.25, 0.3) is 0 Å². The van der Waals surface area contributed by atoms with E-state index in [1.165, 1.54) is 12.0 Å². The van der Waals surface area contributed by atoms with Crippen LogP contribution in [0.15, 0.2) is 48.7 Å². The lowest BCUT2D eigenvalue weighted by Crippen LogP contribution is -2.08. The molecule has 0 unspecified atom stereocenters. The fraction of sp³-hybridized carbons (Fsp3) is 0.308. The normalized spacial score (nSPS) is 12.7. The fourth-order valence-corrected chi connectivity index (χ4v) is 4.01. The van der Waals surface area contributed by atoms with E-state index in [2.05, 4.69) is 47.7 Å². The van der Waals surface area contributed by atoms with Crippen molar-refractivity contribution in [2.45, 2.75) is 46.5 Å². The van der Waals surface area contributed by atoms with Gasteiger partial charge in [-0.3, -0.25) is 4.79 Å². The number of phenolic OH excluding ortho intramolecular Hbond substituents is 1. The number of Topliss-reactive ketones (excluding diaryl/α,β-unsaturated/α-hetero) is 1. The van der Waals surface area contributed by atoms with Crippen LogP contribution in [0.5, 0.6) is 5.75 Å².